The quantitative estimate of drug-likeness (QED) is 0.445. The number of nitrogens with one attached hydrogen (secondary N) is 2. The van der Waals surface area contributed by atoms with E-state index < -0.39 is 0 Å². The highest BCUT2D eigenvalue weighted by atomic mass is 16.6. The van der Waals surface area contributed by atoms with Gasteiger partial charge in [-0.15, -0.1) is 0 Å². The number of cyclic esters (lactones) is 1. The van der Waals surface area contributed by atoms with E-state index in [0.29, 0.717) is 19.0 Å². The minimum Gasteiger partial charge on any atom is -0.442 e. The van der Waals surface area contributed by atoms with Gasteiger partial charge in [-0.3, -0.25) is 4.90 Å². The van der Waals surface area contributed by atoms with Crippen LogP contribution < -0.4 is 10.2 Å². The first kappa shape index (κ1) is 21.2. The van der Waals surface area contributed by atoms with Gasteiger partial charge in [0.2, 0.25) is 0 Å². The second kappa shape index (κ2) is 9.43. The Kier molecular flexibility index (Phi) is 6.47. The molecule has 0 radical (unpaired) electrons. The fraction of sp³-hybridized carbons (Fsp3) is 0.400. The van der Waals surface area contributed by atoms with Gasteiger partial charge in [0, 0.05) is 6.54 Å². The third-order valence-corrected chi connectivity index (χ3v) is 6.06. The molecule has 162 valence electrons. The zero-order valence-corrected chi connectivity index (χ0v) is 18.2. The van der Waals surface area contributed by atoms with Crippen LogP contribution in [0.2, 0.25) is 0 Å². The van der Waals surface area contributed by atoms with Gasteiger partial charge in [0.25, 0.3) is 0 Å². The standard InChI is InChI=1S/C25H30N4O2/c1-3-27-16-24-23-14-21-13-20(11-12-22(21)29(23)25(30)31-24)19-9-7-18(8-10-19)6-4-5-17(2)15-28-26/h4-5,7-13,17,23-24,26-27H,3,6,14-16H2,1-2H3/b5-4+,28-26?. The van der Waals surface area contributed by atoms with Crippen molar-refractivity contribution in [2.24, 2.45) is 11.0 Å². The minimum absolute atomic E-state index is 0.0798. The van der Waals surface area contributed by atoms with Gasteiger partial charge in [-0.2, -0.15) is 5.11 Å². The molecule has 1 saturated heterocycles. The Morgan fingerprint density at radius 1 is 1.26 bits per heavy atom. The number of rotatable bonds is 9. The molecule has 6 heteroatoms. The summed E-state index contributed by atoms with van der Waals surface area (Å²) >= 11 is 0. The maximum absolute atomic E-state index is 12.4. The van der Waals surface area contributed by atoms with E-state index >= 15 is 0 Å². The number of allylic oxidation sites excluding steroid dienone is 1. The second-order valence-electron chi connectivity index (χ2n) is 8.36. The molecule has 3 atom stereocenters. The van der Waals surface area contributed by atoms with Gasteiger partial charge in [0.05, 0.1) is 18.3 Å². The highest BCUT2D eigenvalue weighted by Gasteiger charge is 2.47. The van der Waals surface area contributed by atoms with Crippen LogP contribution in [0.1, 0.15) is 25.0 Å². The number of nitrogens with zero attached hydrogens (tertiary/aromatic N) is 2. The van der Waals surface area contributed by atoms with Crippen LogP contribution >= 0.6 is 0 Å². The summed E-state index contributed by atoms with van der Waals surface area (Å²) in [4.78, 5) is 14.2. The van der Waals surface area contributed by atoms with Crippen LogP contribution in [0.4, 0.5) is 10.5 Å². The largest absolute Gasteiger partial charge is 0.442 e. The number of hydrogen-bond acceptors (Lipinski definition) is 5. The van der Waals surface area contributed by atoms with Crippen molar-refractivity contribution in [2.75, 3.05) is 24.5 Å². The summed E-state index contributed by atoms with van der Waals surface area (Å²) in [5, 5.41) is 6.74. The van der Waals surface area contributed by atoms with Crippen LogP contribution in [0.15, 0.2) is 59.7 Å². The zero-order chi connectivity index (χ0) is 21.8. The van der Waals surface area contributed by atoms with E-state index in [1.54, 1.807) is 0 Å². The Hall–Kier alpha value is -2.99. The Bertz CT molecular complexity index is 970. The van der Waals surface area contributed by atoms with E-state index in [1.165, 1.54) is 22.3 Å². The number of fused-ring (bicyclic) bond motifs is 3. The van der Waals surface area contributed by atoms with Crippen molar-refractivity contribution in [1.29, 1.82) is 5.53 Å². The molecule has 2 aliphatic heterocycles. The summed E-state index contributed by atoms with van der Waals surface area (Å²) in [5.74, 6) is 0.299. The van der Waals surface area contributed by atoms with Crippen molar-refractivity contribution < 1.29 is 9.53 Å². The van der Waals surface area contributed by atoms with Gasteiger partial charge in [-0.05, 0) is 59.7 Å². The summed E-state index contributed by atoms with van der Waals surface area (Å²) in [5.41, 5.74) is 12.7. The van der Waals surface area contributed by atoms with E-state index in [0.717, 1.165) is 25.1 Å². The average Bonchev–Trinajstić information content (AvgIpc) is 3.29. The Balaban J connectivity index is 1.45. The van der Waals surface area contributed by atoms with Crippen LogP contribution in [0.3, 0.4) is 0 Å². The van der Waals surface area contributed by atoms with E-state index in [-0.39, 0.29) is 18.2 Å². The lowest BCUT2D eigenvalue weighted by molar-refractivity contribution is 0.130. The number of ether oxygens (including phenoxy) is 1. The van der Waals surface area contributed by atoms with E-state index in [1.807, 2.05) is 4.90 Å². The molecule has 2 N–H and O–H groups in total. The zero-order valence-electron chi connectivity index (χ0n) is 18.2. The number of carbonyl (C=O) groups is 1. The molecule has 2 aliphatic rings. The van der Waals surface area contributed by atoms with Crippen molar-refractivity contribution in [3.05, 3.63) is 65.7 Å². The summed E-state index contributed by atoms with van der Waals surface area (Å²) in [7, 11) is 0. The van der Waals surface area contributed by atoms with Crippen LogP contribution in [-0.4, -0.2) is 37.9 Å². The van der Waals surface area contributed by atoms with Crippen molar-refractivity contribution in [3.63, 3.8) is 0 Å². The maximum Gasteiger partial charge on any atom is 0.415 e. The number of anilines is 1. The lowest BCUT2D eigenvalue weighted by Crippen LogP contribution is -2.38. The Labute approximate surface area is 183 Å². The molecule has 2 aromatic carbocycles. The van der Waals surface area contributed by atoms with Crippen molar-refractivity contribution in [2.45, 2.75) is 38.8 Å². The third-order valence-electron chi connectivity index (χ3n) is 6.06. The lowest BCUT2D eigenvalue weighted by atomic mass is 9.98. The normalized spacial score (nSPS) is 20.6. The molecular formula is C25H30N4O2. The van der Waals surface area contributed by atoms with Gasteiger partial charge >= 0.3 is 6.09 Å². The predicted molar refractivity (Wildman–Crippen MR) is 123 cm³/mol. The summed E-state index contributed by atoms with van der Waals surface area (Å²) < 4.78 is 5.58. The molecule has 0 bridgehead atoms. The van der Waals surface area contributed by atoms with E-state index in [9.17, 15) is 4.79 Å². The summed E-state index contributed by atoms with van der Waals surface area (Å²) in [6.07, 6.45) is 5.63. The minimum atomic E-state index is -0.234. The van der Waals surface area contributed by atoms with Crippen LogP contribution in [0, 0.1) is 11.4 Å². The highest BCUT2D eigenvalue weighted by molar-refractivity contribution is 5.94. The molecule has 3 unspecified atom stereocenters. The third kappa shape index (κ3) is 4.54. The molecular weight excluding hydrogens is 388 g/mol. The number of amides is 1. The number of carbonyl (C=O) groups excluding carboxylic acids is 1. The molecule has 2 aromatic rings. The number of benzene rings is 2. The van der Waals surface area contributed by atoms with Gasteiger partial charge in [-0.1, -0.05) is 56.3 Å². The van der Waals surface area contributed by atoms with Crippen molar-refractivity contribution >= 4 is 11.8 Å². The first-order chi connectivity index (χ1) is 15.1. The van der Waals surface area contributed by atoms with Gasteiger partial charge in [0.15, 0.2) is 0 Å². The molecule has 6 nitrogen and oxygen atoms in total. The fourth-order valence-corrected chi connectivity index (χ4v) is 4.39. The molecule has 31 heavy (non-hydrogen) atoms. The predicted octanol–water partition coefficient (Wildman–Crippen LogP) is 4.98. The van der Waals surface area contributed by atoms with Gasteiger partial charge in [-0.25, -0.2) is 10.3 Å². The highest BCUT2D eigenvalue weighted by Crippen LogP contribution is 2.40. The van der Waals surface area contributed by atoms with Gasteiger partial charge in [0.1, 0.15) is 6.10 Å². The summed E-state index contributed by atoms with van der Waals surface area (Å²) in [6.45, 7) is 6.22. The SMILES string of the molecule is CCNCC1OC(=O)N2c3ccc(-c4ccc(C/C=C/C(C)CN=N)cc4)cc3CC12. The number of likely N-dealkylation sites (N-methyl/N-ethyl adjacent to an activating group) is 1. The first-order valence-electron chi connectivity index (χ1n) is 11.0. The smallest absolute Gasteiger partial charge is 0.415 e. The molecule has 0 saturated carbocycles. The molecule has 0 aliphatic carbocycles. The first-order valence-corrected chi connectivity index (χ1v) is 11.0. The second-order valence-corrected chi connectivity index (χ2v) is 8.36. The summed E-state index contributed by atoms with van der Waals surface area (Å²) in [6, 6.07) is 15.1. The molecule has 0 aromatic heterocycles. The Morgan fingerprint density at radius 3 is 2.77 bits per heavy atom. The van der Waals surface area contributed by atoms with Gasteiger partial charge < -0.3 is 10.1 Å². The molecule has 1 fully saturated rings. The van der Waals surface area contributed by atoms with Crippen molar-refractivity contribution in [1.82, 2.24) is 5.32 Å². The number of hydrogen-bond donors (Lipinski definition) is 2. The topological polar surface area (TPSA) is 77.8 Å². The molecule has 0 spiro atoms. The van der Waals surface area contributed by atoms with E-state index in [4.69, 9.17) is 10.3 Å². The van der Waals surface area contributed by atoms with E-state index in [2.05, 4.69) is 78.9 Å². The van der Waals surface area contributed by atoms with Crippen LogP contribution in [0.5, 0.6) is 0 Å². The maximum atomic E-state index is 12.4. The lowest BCUT2D eigenvalue weighted by Gasteiger charge is -2.16. The molecule has 4 rings (SSSR count). The van der Waals surface area contributed by atoms with Crippen molar-refractivity contribution in [3.8, 4) is 11.1 Å². The van der Waals surface area contributed by atoms with Crippen LogP contribution in [0.25, 0.3) is 11.1 Å². The molecule has 2 heterocycles. The monoisotopic (exact) mass is 418 g/mol. The average molecular weight is 419 g/mol. The fourth-order valence-electron chi connectivity index (χ4n) is 4.39. The Morgan fingerprint density at radius 2 is 2.03 bits per heavy atom. The molecule has 1 amide bonds. The van der Waals surface area contributed by atoms with Crippen LogP contribution in [-0.2, 0) is 17.6 Å².